The Bertz CT molecular complexity index is 489. The number of benzene rings is 2. The van der Waals surface area contributed by atoms with Gasteiger partial charge < -0.3 is 0 Å². The molecule has 0 atom stereocenters. The Labute approximate surface area is 99.5 Å². The summed E-state index contributed by atoms with van der Waals surface area (Å²) in [4.78, 5) is 2.28. The van der Waals surface area contributed by atoms with Crippen LogP contribution in [0.2, 0.25) is 0 Å². The summed E-state index contributed by atoms with van der Waals surface area (Å²) in [5.74, 6) is -0.190. The molecule has 2 aromatic carbocycles. The number of hydrogen-bond donors (Lipinski definition) is 0. The molecule has 0 saturated heterocycles. The molecule has 0 nitrogen and oxygen atoms in total. The van der Waals surface area contributed by atoms with Crippen LogP contribution in [-0.4, -0.2) is 0 Å². The quantitative estimate of drug-likeness (QED) is 0.729. The van der Waals surface area contributed by atoms with Gasteiger partial charge in [-0.1, -0.05) is 29.5 Å². The van der Waals surface area contributed by atoms with Gasteiger partial charge in [-0.05, 0) is 49.7 Å². The second kappa shape index (κ2) is 4.71. The van der Waals surface area contributed by atoms with E-state index in [0.29, 0.717) is 0 Å². The van der Waals surface area contributed by atoms with Crippen LogP contribution in [0.5, 0.6) is 0 Å². The fourth-order valence-electron chi connectivity index (χ4n) is 1.54. The molecule has 0 bridgehead atoms. The first-order valence-corrected chi connectivity index (χ1v) is 5.97. The van der Waals surface area contributed by atoms with Crippen LogP contribution in [0.1, 0.15) is 11.1 Å². The molecule has 2 rings (SSSR count). The fraction of sp³-hybridized carbons (Fsp3) is 0.143. The number of rotatable bonds is 2. The van der Waals surface area contributed by atoms with Crippen LogP contribution in [-0.2, 0) is 0 Å². The van der Waals surface area contributed by atoms with Crippen molar-refractivity contribution in [1.29, 1.82) is 0 Å². The Morgan fingerprint density at radius 2 is 1.62 bits per heavy atom. The Morgan fingerprint density at radius 3 is 2.25 bits per heavy atom. The van der Waals surface area contributed by atoms with Crippen LogP contribution in [0.25, 0.3) is 0 Å². The van der Waals surface area contributed by atoms with Gasteiger partial charge >= 0.3 is 0 Å². The molecule has 0 aliphatic rings. The van der Waals surface area contributed by atoms with Crippen molar-refractivity contribution in [2.45, 2.75) is 23.6 Å². The van der Waals surface area contributed by atoms with Gasteiger partial charge in [0.1, 0.15) is 5.82 Å². The molecule has 0 aliphatic carbocycles. The van der Waals surface area contributed by atoms with E-state index in [4.69, 9.17) is 0 Å². The van der Waals surface area contributed by atoms with Crippen molar-refractivity contribution in [1.82, 2.24) is 0 Å². The van der Waals surface area contributed by atoms with Gasteiger partial charge in [-0.3, -0.25) is 0 Å². The van der Waals surface area contributed by atoms with Gasteiger partial charge in [0, 0.05) is 9.79 Å². The lowest BCUT2D eigenvalue weighted by molar-refractivity contribution is 0.626. The molecule has 0 radical (unpaired) electrons. The maximum Gasteiger partial charge on any atom is 0.123 e. The average molecular weight is 232 g/mol. The summed E-state index contributed by atoms with van der Waals surface area (Å²) in [7, 11) is 0. The van der Waals surface area contributed by atoms with Crippen molar-refractivity contribution >= 4 is 11.8 Å². The highest BCUT2D eigenvalue weighted by Gasteiger charge is 2.01. The Kier molecular flexibility index (Phi) is 3.30. The molecule has 0 N–H and O–H groups in total. The van der Waals surface area contributed by atoms with Gasteiger partial charge in [0.15, 0.2) is 0 Å². The number of aryl methyl sites for hydroxylation is 2. The van der Waals surface area contributed by atoms with Crippen LogP contribution in [0.4, 0.5) is 4.39 Å². The fourth-order valence-corrected chi connectivity index (χ4v) is 2.43. The third-order valence-corrected chi connectivity index (χ3v) is 3.56. The van der Waals surface area contributed by atoms with Crippen LogP contribution in [0, 0.1) is 19.7 Å². The summed E-state index contributed by atoms with van der Waals surface area (Å²) in [6.45, 7) is 4.18. The van der Waals surface area contributed by atoms with Crippen LogP contribution < -0.4 is 0 Å². The number of halogens is 1. The van der Waals surface area contributed by atoms with Crippen molar-refractivity contribution in [3.8, 4) is 0 Å². The van der Waals surface area contributed by atoms with E-state index in [-0.39, 0.29) is 5.82 Å². The highest BCUT2D eigenvalue weighted by atomic mass is 32.2. The number of hydrogen-bond acceptors (Lipinski definition) is 1. The molecule has 0 fully saturated rings. The molecule has 0 aliphatic heterocycles. The zero-order valence-electron chi connectivity index (χ0n) is 9.33. The van der Waals surface area contributed by atoms with Crippen LogP contribution in [0.3, 0.4) is 0 Å². The van der Waals surface area contributed by atoms with E-state index in [1.807, 2.05) is 0 Å². The van der Waals surface area contributed by atoms with Crippen molar-refractivity contribution in [2.75, 3.05) is 0 Å². The molecule has 0 amide bonds. The standard InChI is InChI=1S/C14H13FS/c1-10-3-8-14(11(2)9-10)16-13-6-4-12(15)5-7-13/h3-9H,1-2H3. The zero-order chi connectivity index (χ0) is 11.5. The molecule has 2 heteroatoms. The molecular weight excluding hydrogens is 219 g/mol. The summed E-state index contributed by atoms with van der Waals surface area (Å²) in [6.07, 6.45) is 0. The van der Waals surface area contributed by atoms with Gasteiger partial charge in [0.25, 0.3) is 0 Å². The van der Waals surface area contributed by atoms with E-state index in [1.54, 1.807) is 23.9 Å². The molecule has 0 unspecified atom stereocenters. The predicted octanol–water partition coefficient (Wildman–Crippen LogP) is 4.59. The topological polar surface area (TPSA) is 0 Å². The van der Waals surface area contributed by atoms with E-state index in [0.717, 1.165) is 4.90 Å². The monoisotopic (exact) mass is 232 g/mol. The molecule has 0 saturated carbocycles. The molecule has 16 heavy (non-hydrogen) atoms. The highest BCUT2D eigenvalue weighted by Crippen LogP contribution is 2.30. The zero-order valence-corrected chi connectivity index (χ0v) is 10.1. The van der Waals surface area contributed by atoms with Crippen molar-refractivity contribution in [3.63, 3.8) is 0 Å². The summed E-state index contributed by atoms with van der Waals surface area (Å²) in [6, 6.07) is 13.0. The Morgan fingerprint density at radius 1 is 0.938 bits per heavy atom. The van der Waals surface area contributed by atoms with E-state index in [9.17, 15) is 4.39 Å². The minimum absolute atomic E-state index is 0.190. The van der Waals surface area contributed by atoms with E-state index in [1.165, 1.54) is 28.2 Å². The molecule has 2 aromatic rings. The summed E-state index contributed by atoms with van der Waals surface area (Å²) >= 11 is 1.66. The highest BCUT2D eigenvalue weighted by molar-refractivity contribution is 7.99. The van der Waals surface area contributed by atoms with Gasteiger partial charge in [-0.15, -0.1) is 0 Å². The van der Waals surface area contributed by atoms with Crippen LogP contribution >= 0.6 is 11.8 Å². The minimum Gasteiger partial charge on any atom is -0.207 e. The summed E-state index contributed by atoms with van der Waals surface area (Å²) in [5.41, 5.74) is 2.52. The van der Waals surface area contributed by atoms with E-state index in [2.05, 4.69) is 32.0 Å². The lowest BCUT2D eigenvalue weighted by Crippen LogP contribution is -1.82. The van der Waals surface area contributed by atoms with E-state index < -0.39 is 0 Å². The first kappa shape index (κ1) is 11.2. The van der Waals surface area contributed by atoms with Crippen molar-refractivity contribution in [3.05, 3.63) is 59.4 Å². The normalized spacial score (nSPS) is 10.4. The SMILES string of the molecule is Cc1ccc(Sc2ccc(F)cc2)c(C)c1. The first-order chi connectivity index (χ1) is 7.65. The second-order valence-electron chi connectivity index (χ2n) is 3.82. The smallest absolute Gasteiger partial charge is 0.123 e. The van der Waals surface area contributed by atoms with Gasteiger partial charge in [0.2, 0.25) is 0 Å². The van der Waals surface area contributed by atoms with Gasteiger partial charge in [0.05, 0.1) is 0 Å². The van der Waals surface area contributed by atoms with Gasteiger partial charge in [-0.25, -0.2) is 4.39 Å². The largest absolute Gasteiger partial charge is 0.207 e. The van der Waals surface area contributed by atoms with Crippen LogP contribution in [0.15, 0.2) is 52.3 Å². The average Bonchev–Trinajstić information content (AvgIpc) is 2.25. The first-order valence-electron chi connectivity index (χ1n) is 5.16. The molecule has 82 valence electrons. The molecule has 0 aromatic heterocycles. The third kappa shape index (κ3) is 2.64. The van der Waals surface area contributed by atoms with Gasteiger partial charge in [-0.2, -0.15) is 0 Å². The summed E-state index contributed by atoms with van der Waals surface area (Å²) < 4.78 is 12.7. The summed E-state index contributed by atoms with van der Waals surface area (Å²) in [5, 5.41) is 0. The minimum atomic E-state index is -0.190. The maximum atomic E-state index is 12.7. The van der Waals surface area contributed by atoms with E-state index >= 15 is 0 Å². The molecule has 0 heterocycles. The Balaban J connectivity index is 2.23. The predicted molar refractivity (Wildman–Crippen MR) is 66.4 cm³/mol. The molecular formula is C14H13FS. The lowest BCUT2D eigenvalue weighted by Gasteiger charge is -2.06. The van der Waals surface area contributed by atoms with Crippen molar-refractivity contribution in [2.24, 2.45) is 0 Å². The Hall–Kier alpha value is -1.28. The lowest BCUT2D eigenvalue weighted by atomic mass is 10.2. The van der Waals surface area contributed by atoms with Crippen molar-refractivity contribution < 1.29 is 4.39 Å². The maximum absolute atomic E-state index is 12.7. The molecule has 0 spiro atoms. The third-order valence-electron chi connectivity index (χ3n) is 2.37. The second-order valence-corrected chi connectivity index (χ2v) is 4.94.